The Bertz CT molecular complexity index is 370. The van der Waals surface area contributed by atoms with Crippen LogP contribution in [0, 0.1) is 0 Å². The number of nitrogens with two attached hydrogens (primary N) is 2. The lowest BCUT2D eigenvalue weighted by atomic mass is 10.4. The predicted octanol–water partition coefficient (Wildman–Crippen LogP) is -0.751. The van der Waals surface area contributed by atoms with E-state index in [1.165, 1.54) is 10.6 Å². The first kappa shape index (κ1) is 10.1. The molecule has 0 saturated carbocycles. The molecular weight excluding hydrogens is 186 g/mol. The smallest absolute Gasteiger partial charge is 0.355 e. The summed E-state index contributed by atoms with van der Waals surface area (Å²) in [5.41, 5.74) is 11.0. The highest BCUT2D eigenvalue weighted by molar-refractivity contribution is 5.90. The number of primary amides is 1. The Morgan fingerprint density at radius 2 is 2.21 bits per heavy atom. The maximum Gasteiger partial charge on any atom is 0.355 e. The van der Waals surface area contributed by atoms with Gasteiger partial charge in [-0.2, -0.15) is 0 Å². The molecule has 0 bridgehead atoms. The van der Waals surface area contributed by atoms with Crippen LogP contribution in [0.1, 0.15) is 10.5 Å². The number of nitrogen functional groups attached to an aromatic ring is 1. The standard InChI is InChI=1S/C8H11N3O3/c1-11-3-5(9)2-6(11)8(13)14-4-7(10)12/h2-3H,4,9H2,1H3,(H2,10,12). The van der Waals surface area contributed by atoms with Crippen LogP contribution in [0.4, 0.5) is 5.69 Å². The predicted molar refractivity (Wildman–Crippen MR) is 49.3 cm³/mol. The van der Waals surface area contributed by atoms with E-state index in [0.717, 1.165) is 0 Å². The van der Waals surface area contributed by atoms with Crippen LogP contribution in [-0.2, 0) is 16.6 Å². The van der Waals surface area contributed by atoms with Crippen molar-refractivity contribution in [3.8, 4) is 0 Å². The SMILES string of the molecule is Cn1cc(N)cc1C(=O)OCC(N)=O. The number of ether oxygens (including phenoxy) is 1. The molecular formula is C8H11N3O3. The van der Waals surface area contributed by atoms with E-state index >= 15 is 0 Å². The van der Waals surface area contributed by atoms with Gasteiger partial charge in [-0.05, 0) is 6.07 Å². The quantitative estimate of drug-likeness (QED) is 0.622. The fraction of sp³-hybridized carbons (Fsp3) is 0.250. The molecule has 1 heterocycles. The highest BCUT2D eigenvalue weighted by Gasteiger charge is 2.12. The van der Waals surface area contributed by atoms with Crippen molar-refractivity contribution in [1.29, 1.82) is 0 Å². The molecule has 6 heteroatoms. The Labute approximate surface area is 80.4 Å². The summed E-state index contributed by atoms with van der Waals surface area (Å²) in [6, 6.07) is 1.46. The van der Waals surface area contributed by atoms with Crippen LogP contribution in [0.3, 0.4) is 0 Å². The minimum absolute atomic E-state index is 0.281. The molecule has 0 aliphatic carbocycles. The number of esters is 1. The summed E-state index contributed by atoms with van der Waals surface area (Å²) in [7, 11) is 1.65. The Morgan fingerprint density at radius 3 is 2.64 bits per heavy atom. The highest BCUT2D eigenvalue weighted by Crippen LogP contribution is 2.09. The molecule has 6 nitrogen and oxygen atoms in total. The number of anilines is 1. The number of rotatable bonds is 3. The summed E-state index contributed by atoms with van der Waals surface area (Å²) in [5.74, 6) is -1.32. The van der Waals surface area contributed by atoms with Gasteiger partial charge in [0.25, 0.3) is 5.91 Å². The molecule has 0 aliphatic rings. The molecule has 1 aromatic rings. The number of hydrogen-bond donors (Lipinski definition) is 2. The van der Waals surface area contributed by atoms with Crippen molar-refractivity contribution < 1.29 is 14.3 Å². The van der Waals surface area contributed by atoms with Crippen LogP contribution in [0.2, 0.25) is 0 Å². The Kier molecular flexibility index (Phi) is 2.76. The fourth-order valence-electron chi connectivity index (χ4n) is 1.00. The van der Waals surface area contributed by atoms with E-state index in [2.05, 4.69) is 4.74 Å². The van der Waals surface area contributed by atoms with Gasteiger partial charge in [0.05, 0.1) is 5.69 Å². The van der Waals surface area contributed by atoms with Crippen LogP contribution < -0.4 is 11.5 Å². The Morgan fingerprint density at radius 1 is 1.57 bits per heavy atom. The minimum atomic E-state index is -0.694. The first-order valence-corrected chi connectivity index (χ1v) is 3.88. The van der Waals surface area contributed by atoms with E-state index in [1.807, 2.05) is 0 Å². The zero-order chi connectivity index (χ0) is 10.7. The largest absolute Gasteiger partial charge is 0.451 e. The summed E-state index contributed by atoms with van der Waals surface area (Å²) in [6.07, 6.45) is 1.57. The van der Waals surface area contributed by atoms with Crippen molar-refractivity contribution in [1.82, 2.24) is 4.57 Å². The van der Waals surface area contributed by atoms with Gasteiger partial charge in [0.15, 0.2) is 6.61 Å². The summed E-state index contributed by atoms with van der Waals surface area (Å²) >= 11 is 0. The monoisotopic (exact) mass is 197 g/mol. The van der Waals surface area contributed by atoms with Gasteiger partial charge < -0.3 is 20.8 Å². The summed E-state index contributed by atoms with van der Waals surface area (Å²) < 4.78 is 6.11. The van der Waals surface area contributed by atoms with Crippen molar-refractivity contribution in [2.24, 2.45) is 12.8 Å². The summed E-state index contributed by atoms with van der Waals surface area (Å²) in [4.78, 5) is 21.6. The van der Waals surface area contributed by atoms with Crippen molar-refractivity contribution in [2.75, 3.05) is 12.3 Å². The Hall–Kier alpha value is -1.98. The maximum absolute atomic E-state index is 11.3. The zero-order valence-electron chi connectivity index (χ0n) is 7.69. The van der Waals surface area contributed by atoms with Crippen molar-refractivity contribution in [3.05, 3.63) is 18.0 Å². The molecule has 0 radical (unpaired) electrons. The van der Waals surface area contributed by atoms with Gasteiger partial charge in [0, 0.05) is 13.2 Å². The van der Waals surface area contributed by atoms with Crippen molar-refractivity contribution >= 4 is 17.6 Å². The number of nitrogens with zero attached hydrogens (tertiary/aromatic N) is 1. The van der Waals surface area contributed by atoms with E-state index < -0.39 is 18.5 Å². The van der Waals surface area contributed by atoms with Crippen LogP contribution in [-0.4, -0.2) is 23.1 Å². The van der Waals surface area contributed by atoms with Gasteiger partial charge >= 0.3 is 5.97 Å². The van der Waals surface area contributed by atoms with Gasteiger partial charge in [-0.15, -0.1) is 0 Å². The van der Waals surface area contributed by atoms with Crippen LogP contribution >= 0.6 is 0 Å². The molecule has 0 spiro atoms. The molecule has 0 aliphatic heterocycles. The van der Waals surface area contributed by atoms with E-state index in [1.54, 1.807) is 13.2 Å². The summed E-state index contributed by atoms with van der Waals surface area (Å²) in [5, 5.41) is 0. The molecule has 4 N–H and O–H groups in total. The van der Waals surface area contributed by atoms with Gasteiger partial charge in [0.2, 0.25) is 0 Å². The van der Waals surface area contributed by atoms with E-state index in [-0.39, 0.29) is 5.69 Å². The fourth-order valence-corrected chi connectivity index (χ4v) is 1.00. The normalized spacial score (nSPS) is 9.79. The lowest BCUT2D eigenvalue weighted by Gasteiger charge is -2.02. The van der Waals surface area contributed by atoms with Crippen LogP contribution in [0.15, 0.2) is 12.3 Å². The molecule has 1 rings (SSSR count). The third-order valence-corrected chi connectivity index (χ3v) is 1.58. The number of carbonyl (C=O) groups excluding carboxylic acids is 2. The second kappa shape index (κ2) is 3.82. The molecule has 0 aromatic carbocycles. The topological polar surface area (TPSA) is 100 Å². The van der Waals surface area contributed by atoms with Crippen LogP contribution in [0.5, 0.6) is 0 Å². The van der Waals surface area contributed by atoms with Crippen LogP contribution in [0.25, 0.3) is 0 Å². The van der Waals surface area contributed by atoms with Gasteiger partial charge in [-0.3, -0.25) is 4.79 Å². The van der Waals surface area contributed by atoms with Gasteiger partial charge in [-0.25, -0.2) is 4.79 Å². The molecule has 76 valence electrons. The van der Waals surface area contributed by atoms with Crippen molar-refractivity contribution in [2.45, 2.75) is 0 Å². The maximum atomic E-state index is 11.3. The molecule has 0 saturated heterocycles. The Balaban J connectivity index is 2.69. The first-order chi connectivity index (χ1) is 6.50. The number of hydrogen-bond acceptors (Lipinski definition) is 4. The molecule has 1 amide bonds. The van der Waals surface area contributed by atoms with Gasteiger partial charge in [-0.1, -0.05) is 0 Å². The second-order valence-corrected chi connectivity index (χ2v) is 2.81. The van der Waals surface area contributed by atoms with E-state index in [0.29, 0.717) is 5.69 Å². The number of aromatic nitrogens is 1. The lowest BCUT2D eigenvalue weighted by Crippen LogP contribution is -2.21. The third-order valence-electron chi connectivity index (χ3n) is 1.58. The summed E-state index contributed by atoms with van der Waals surface area (Å²) in [6.45, 7) is -0.427. The second-order valence-electron chi connectivity index (χ2n) is 2.81. The van der Waals surface area contributed by atoms with E-state index in [9.17, 15) is 9.59 Å². The minimum Gasteiger partial charge on any atom is -0.451 e. The zero-order valence-corrected chi connectivity index (χ0v) is 7.69. The van der Waals surface area contributed by atoms with E-state index in [4.69, 9.17) is 11.5 Å². The van der Waals surface area contributed by atoms with Crippen molar-refractivity contribution in [3.63, 3.8) is 0 Å². The lowest BCUT2D eigenvalue weighted by molar-refractivity contribution is -0.121. The molecule has 14 heavy (non-hydrogen) atoms. The highest BCUT2D eigenvalue weighted by atomic mass is 16.5. The first-order valence-electron chi connectivity index (χ1n) is 3.88. The molecule has 0 unspecified atom stereocenters. The average molecular weight is 197 g/mol. The molecule has 0 atom stereocenters. The number of carbonyl (C=O) groups is 2. The molecule has 0 fully saturated rings. The average Bonchev–Trinajstić information content (AvgIpc) is 2.41. The number of aryl methyl sites for hydroxylation is 1. The van der Waals surface area contributed by atoms with Gasteiger partial charge in [0.1, 0.15) is 5.69 Å². The molecule has 1 aromatic heterocycles. The number of amides is 1. The third kappa shape index (κ3) is 2.25.